The average molecular weight is 424 g/mol. The molecule has 6 nitrogen and oxygen atoms in total. The van der Waals surface area contributed by atoms with Gasteiger partial charge in [0, 0.05) is 16.3 Å². The average Bonchev–Trinajstić information content (AvgIpc) is 2.75. The zero-order valence-corrected chi connectivity index (χ0v) is 17.4. The first kappa shape index (κ1) is 21.2. The lowest BCUT2D eigenvalue weighted by molar-refractivity contribution is 0.252. The zero-order chi connectivity index (χ0) is 21.3. The van der Waals surface area contributed by atoms with Crippen LogP contribution in [0.15, 0.2) is 71.8 Å². The first-order valence-corrected chi connectivity index (χ1v) is 9.64. The fourth-order valence-electron chi connectivity index (χ4n) is 2.68. The number of rotatable bonds is 7. The summed E-state index contributed by atoms with van der Waals surface area (Å²) >= 11 is 6.16. The van der Waals surface area contributed by atoms with Crippen LogP contribution in [0.4, 0.5) is 10.5 Å². The van der Waals surface area contributed by atoms with E-state index in [0.717, 1.165) is 22.4 Å². The van der Waals surface area contributed by atoms with Gasteiger partial charge in [-0.3, -0.25) is 0 Å². The van der Waals surface area contributed by atoms with Crippen LogP contribution >= 0.6 is 11.6 Å². The number of nitrogens with zero attached hydrogens (tertiary/aromatic N) is 1. The molecule has 0 saturated heterocycles. The van der Waals surface area contributed by atoms with Crippen molar-refractivity contribution in [2.75, 3.05) is 12.4 Å². The number of urea groups is 1. The number of hydrogen-bond acceptors (Lipinski definition) is 4. The van der Waals surface area contributed by atoms with Crippen molar-refractivity contribution in [3.05, 3.63) is 88.4 Å². The smallest absolute Gasteiger partial charge is 0.339 e. The first-order chi connectivity index (χ1) is 14.6. The number of hydrogen-bond donors (Lipinski definition) is 2. The molecule has 0 aromatic heterocycles. The van der Waals surface area contributed by atoms with Gasteiger partial charge in [-0.2, -0.15) is 5.10 Å². The summed E-state index contributed by atoms with van der Waals surface area (Å²) in [5.41, 5.74) is 5.77. The second kappa shape index (κ2) is 10.3. The van der Waals surface area contributed by atoms with Gasteiger partial charge in [-0.25, -0.2) is 10.2 Å². The molecule has 0 aliphatic heterocycles. The predicted octanol–water partition coefficient (Wildman–Crippen LogP) is 5.39. The molecule has 0 radical (unpaired) electrons. The number of carbonyl (C=O) groups is 1. The number of benzene rings is 3. The van der Waals surface area contributed by atoms with E-state index in [2.05, 4.69) is 15.8 Å². The number of anilines is 1. The molecule has 0 fully saturated rings. The summed E-state index contributed by atoms with van der Waals surface area (Å²) in [6.07, 6.45) is 1.53. The molecule has 154 valence electrons. The van der Waals surface area contributed by atoms with Crippen LogP contribution in [0, 0.1) is 6.92 Å². The molecule has 0 saturated carbocycles. The van der Waals surface area contributed by atoms with Crippen molar-refractivity contribution in [2.24, 2.45) is 5.10 Å². The number of hydrazone groups is 1. The molecule has 7 heteroatoms. The Hall–Kier alpha value is -3.51. The summed E-state index contributed by atoms with van der Waals surface area (Å²) in [7, 11) is 1.56. The lowest BCUT2D eigenvalue weighted by Crippen LogP contribution is -2.24. The SMILES string of the molecule is COc1cc(C=NNC(=O)Nc2ccccc2C)ccc1OCc1ccccc1Cl. The molecule has 2 amide bonds. The van der Waals surface area contributed by atoms with E-state index in [4.69, 9.17) is 21.1 Å². The van der Waals surface area contributed by atoms with Crippen molar-refractivity contribution in [3.8, 4) is 11.5 Å². The van der Waals surface area contributed by atoms with Crippen molar-refractivity contribution in [3.63, 3.8) is 0 Å². The van der Waals surface area contributed by atoms with Crippen LogP contribution in [0.1, 0.15) is 16.7 Å². The van der Waals surface area contributed by atoms with Crippen molar-refractivity contribution >= 4 is 29.5 Å². The number of ether oxygens (including phenoxy) is 2. The highest BCUT2D eigenvalue weighted by Crippen LogP contribution is 2.29. The number of para-hydroxylation sites is 1. The van der Waals surface area contributed by atoms with E-state index in [9.17, 15) is 4.79 Å². The Bertz CT molecular complexity index is 1050. The standard InChI is InChI=1S/C23H22ClN3O3/c1-16-7-3-6-10-20(16)26-23(28)27-25-14-17-11-12-21(22(13-17)29-2)30-15-18-8-4-5-9-19(18)24/h3-14H,15H2,1-2H3,(H2,26,27,28). The van der Waals surface area contributed by atoms with Gasteiger partial charge in [0.25, 0.3) is 0 Å². The van der Waals surface area contributed by atoms with Gasteiger partial charge in [0.1, 0.15) is 6.61 Å². The molecule has 0 aliphatic rings. The van der Waals surface area contributed by atoms with Gasteiger partial charge >= 0.3 is 6.03 Å². The van der Waals surface area contributed by atoms with Gasteiger partial charge < -0.3 is 14.8 Å². The van der Waals surface area contributed by atoms with E-state index in [1.807, 2.05) is 61.5 Å². The number of aryl methyl sites for hydroxylation is 1. The molecule has 0 unspecified atom stereocenters. The molecule has 3 rings (SSSR count). The lowest BCUT2D eigenvalue weighted by atomic mass is 10.2. The molecular weight excluding hydrogens is 402 g/mol. The molecule has 3 aromatic rings. The molecule has 0 spiro atoms. The van der Waals surface area contributed by atoms with Crippen molar-refractivity contribution in [1.82, 2.24) is 5.43 Å². The molecule has 0 heterocycles. The maximum atomic E-state index is 12.0. The third-order valence-electron chi connectivity index (χ3n) is 4.30. The number of nitrogens with one attached hydrogen (secondary N) is 2. The van der Waals surface area contributed by atoms with E-state index < -0.39 is 6.03 Å². The van der Waals surface area contributed by atoms with Crippen LogP contribution < -0.4 is 20.2 Å². The number of halogens is 1. The fourth-order valence-corrected chi connectivity index (χ4v) is 2.87. The van der Waals surface area contributed by atoms with E-state index >= 15 is 0 Å². The van der Waals surface area contributed by atoms with E-state index in [0.29, 0.717) is 23.1 Å². The minimum Gasteiger partial charge on any atom is -0.493 e. The van der Waals surface area contributed by atoms with Crippen molar-refractivity contribution in [1.29, 1.82) is 0 Å². The van der Waals surface area contributed by atoms with Crippen LogP contribution in [0.3, 0.4) is 0 Å². The fraction of sp³-hybridized carbons (Fsp3) is 0.130. The highest BCUT2D eigenvalue weighted by Gasteiger charge is 2.07. The Morgan fingerprint density at radius 3 is 2.60 bits per heavy atom. The highest BCUT2D eigenvalue weighted by molar-refractivity contribution is 6.31. The maximum Gasteiger partial charge on any atom is 0.339 e. The normalized spacial score (nSPS) is 10.6. The minimum atomic E-state index is -0.424. The molecule has 0 bridgehead atoms. The monoisotopic (exact) mass is 423 g/mol. The van der Waals surface area contributed by atoms with E-state index in [1.54, 1.807) is 19.2 Å². The Kier molecular flexibility index (Phi) is 7.29. The van der Waals surface area contributed by atoms with Crippen molar-refractivity contribution < 1.29 is 14.3 Å². The topological polar surface area (TPSA) is 72.0 Å². The first-order valence-electron chi connectivity index (χ1n) is 9.27. The zero-order valence-electron chi connectivity index (χ0n) is 16.7. The summed E-state index contributed by atoms with van der Waals surface area (Å²) in [4.78, 5) is 12.0. The van der Waals surface area contributed by atoms with Crippen LogP contribution in [0.25, 0.3) is 0 Å². The Morgan fingerprint density at radius 2 is 1.83 bits per heavy atom. The minimum absolute atomic E-state index is 0.324. The Balaban J connectivity index is 1.59. The number of amides is 2. The van der Waals surface area contributed by atoms with Crippen LogP contribution in [0.5, 0.6) is 11.5 Å². The summed E-state index contributed by atoms with van der Waals surface area (Å²) in [5.74, 6) is 1.13. The third kappa shape index (κ3) is 5.75. The Morgan fingerprint density at radius 1 is 1.07 bits per heavy atom. The molecule has 30 heavy (non-hydrogen) atoms. The molecule has 0 atom stereocenters. The van der Waals surface area contributed by atoms with Crippen molar-refractivity contribution in [2.45, 2.75) is 13.5 Å². The molecular formula is C23H22ClN3O3. The number of carbonyl (C=O) groups excluding carboxylic acids is 1. The maximum absolute atomic E-state index is 12.0. The van der Waals surface area contributed by atoms with Gasteiger partial charge in [0.15, 0.2) is 11.5 Å². The highest BCUT2D eigenvalue weighted by atomic mass is 35.5. The second-order valence-corrected chi connectivity index (χ2v) is 6.84. The van der Waals surface area contributed by atoms with Crippen LogP contribution in [-0.2, 0) is 6.61 Å². The van der Waals surface area contributed by atoms with Crippen LogP contribution in [0.2, 0.25) is 5.02 Å². The third-order valence-corrected chi connectivity index (χ3v) is 4.67. The summed E-state index contributed by atoms with van der Waals surface area (Å²) in [5, 5.41) is 7.37. The van der Waals surface area contributed by atoms with Gasteiger partial charge in [-0.15, -0.1) is 0 Å². The van der Waals surface area contributed by atoms with Gasteiger partial charge in [-0.05, 0) is 48.4 Å². The summed E-state index contributed by atoms with van der Waals surface area (Å²) < 4.78 is 11.2. The van der Waals surface area contributed by atoms with Gasteiger partial charge in [-0.1, -0.05) is 48.0 Å². The Labute approximate surface area is 180 Å². The van der Waals surface area contributed by atoms with E-state index in [1.165, 1.54) is 6.21 Å². The quantitative estimate of drug-likeness (QED) is 0.395. The second-order valence-electron chi connectivity index (χ2n) is 6.43. The van der Waals surface area contributed by atoms with Crippen LogP contribution in [-0.4, -0.2) is 19.4 Å². The largest absolute Gasteiger partial charge is 0.493 e. The molecule has 2 N–H and O–H groups in total. The van der Waals surface area contributed by atoms with E-state index in [-0.39, 0.29) is 0 Å². The molecule has 3 aromatic carbocycles. The molecule has 0 aliphatic carbocycles. The lowest BCUT2D eigenvalue weighted by Gasteiger charge is -2.12. The summed E-state index contributed by atoms with van der Waals surface area (Å²) in [6.45, 7) is 2.24. The van der Waals surface area contributed by atoms with Gasteiger partial charge in [0.05, 0.1) is 13.3 Å². The van der Waals surface area contributed by atoms with Gasteiger partial charge in [0.2, 0.25) is 0 Å². The number of methoxy groups -OCH3 is 1. The predicted molar refractivity (Wildman–Crippen MR) is 120 cm³/mol. The summed E-state index contributed by atoms with van der Waals surface area (Å²) in [6, 6.07) is 19.9.